The van der Waals surface area contributed by atoms with E-state index in [0.29, 0.717) is 13.0 Å². The minimum Gasteiger partial charge on any atom is -0.464 e. The predicted octanol–water partition coefficient (Wildman–Crippen LogP) is 1.43. The molecule has 1 unspecified atom stereocenters. The molecule has 0 radical (unpaired) electrons. The number of esters is 1. The zero-order valence-electron chi connectivity index (χ0n) is 11.9. The SMILES string of the molecule is CCc1ccccc1NC(=O)CN(C)C1CCOC1=O. The number of para-hydroxylation sites is 1. The van der Waals surface area contributed by atoms with Gasteiger partial charge in [0, 0.05) is 12.1 Å². The molecule has 20 heavy (non-hydrogen) atoms. The van der Waals surface area contributed by atoms with E-state index in [0.717, 1.165) is 17.7 Å². The summed E-state index contributed by atoms with van der Waals surface area (Å²) in [5.41, 5.74) is 1.94. The minimum atomic E-state index is -0.304. The molecule has 5 heteroatoms. The van der Waals surface area contributed by atoms with Crippen LogP contribution in [0.15, 0.2) is 24.3 Å². The number of carbonyl (C=O) groups is 2. The molecule has 5 nitrogen and oxygen atoms in total. The third kappa shape index (κ3) is 3.36. The zero-order valence-corrected chi connectivity index (χ0v) is 11.9. The smallest absolute Gasteiger partial charge is 0.323 e. The van der Waals surface area contributed by atoms with E-state index < -0.39 is 0 Å². The van der Waals surface area contributed by atoms with Crippen molar-refractivity contribution in [3.63, 3.8) is 0 Å². The number of nitrogens with zero attached hydrogens (tertiary/aromatic N) is 1. The van der Waals surface area contributed by atoms with Gasteiger partial charge in [0.1, 0.15) is 6.04 Å². The molecule has 2 rings (SSSR count). The Bertz CT molecular complexity index is 502. The summed E-state index contributed by atoms with van der Waals surface area (Å²) >= 11 is 0. The van der Waals surface area contributed by atoms with Crippen molar-refractivity contribution in [1.82, 2.24) is 4.90 Å². The van der Waals surface area contributed by atoms with E-state index in [1.807, 2.05) is 31.2 Å². The van der Waals surface area contributed by atoms with Gasteiger partial charge < -0.3 is 10.1 Å². The Morgan fingerprint density at radius 1 is 1.45 bits per heavy atom. The monoisotopic (exact) mass is 276 g/mol. The molecular weight excluding hydrogens is 256 g/mol. The summed E-state index contributed by atoms with van der Waals surface area (Å²) in [5, 5.41) is 2.90. The molecule has 0 aromatic heterocycles. The van der Waals surface area contributed by atoms with Crippen LogP contribution in [-0.2, 0) is 20.7 Å². The molecule has 1 atom stereocenters. The molecule has 0 saturated carbocycles. The molecule has 1 aromatic rings. The first kappa shape index (κ1) is 14.5. The van der Waals surface area contributed by atoms with E-state index in [4.69, 9.17) is 4.74 Å². The fraction of sp³-hybridized carbons (Fsp3) is 0.467. The van der Waals surface area contributed by atoms with Crippen molar-refractivity contribution < 1.29 is 14.3 Å². The van der Waals surface area contributed by atoms with Crippen LogP contribution >= 0.6 is 0 Å². The zero-order chi connectivity index (χ0) is 14.5. The van der Waals surface area contributed by atoms with E-state index >= 15 is 0 Å². The summed E-state index contributed by atoms with van der Waals surface area (Å²) in [4.78, 5) is 25.2. The molecule has 0 bridgehead atoms. The Morgan fingerprint density at radius 3 is 2.85 bits per heavy atom. The van der Waals surface area contributed by atoms with E-state index in [9.17, 15) is 9.59 Å². The quantitative estimate of drug-likeness (QED) is 0.827. The van der Waals surface area contributed by atoms with Gasteiger partial charge in [-0.25, -0.2) is 0 Å². The highest BCUT2D eigenvalue weighted by molar-refractivity contribution is 5.93. The van der Waals surface area contributed by atoms with Crippen LogP contribution in [-0.4, -0.2) is 43.0 Å². The Labute approximate surface area is 118 Å². The van der Waals surface area contributed by atoms with Gasteiger partial charge >= 0.3 is 5.97 Å². The second kappa shape index (κ2) is 6.52. The Hall–Kier alpha value is -1.88. The van der Waals surface area contributed by atoms with Gasteiger partial charge in [0.25, 0.3) is 0 Å². The topological polar surface area (TPSA) is 58.6 Å². The van der Waals surface area contributed by atoms with Crippen molar-refractivity contribution in [3.8, 4) is 0 Å². The van der Waals surface area contributed by atoms with Crippen LogP contribution in [0.3, 0.4) is 0 Å². The number of ether oxygens (including phenoxy) is 1. The maximum Gasteiger partial charge on any atom is 0.323 e. The first-order valence-corrected chi connectivity index (χ1v) is 6.86. The van der Waals surface area contributed by atoms with Gasteiger partial charge in [0.15, 0.2) is 0 Å². The number of carbonyl (C=O) groups excluding carboxylic acids is 2. The molecule has 1 aliphatic heterocycles. The number of cyclic esters (lactones) is 1. The third-order valence-electron chi connectivity index (χ3n) is 3.51. The van der Waals surface area contributed by atoms with Gasteiger partial charge in [-0.1, -0.05) is 25.1 Å². The number of likely N-dealkylation sites (N-methyl/N-ethyl adjacent to an activating group) is 1. The molecule has 1 N–H and O–H groups in total. The molecule has 1 amide bonds. The number of nitrogens with one attached hydrogen (secondary N) is 1. The first-order valence-electron chi connectivity index (χ1n) is 6.86. The summed E-state index contributed by atoms with van der Waals surface area (Å²) in [5.74, 6) is -0.359. The van der Waals surface area contributed by atoms with Crippen LogP contribution in [0.25, 0.3) is 0 Å². The average Bonchev–Trinajstić information content (AvgIpc) is 2.85. The number of hydrogen-bond donors (Lipinski definition) is 1. The minimum absolute atomic E-state index is 0.117. The summed E-state index contributed by atoms with van der Waals surface area (Å²) < 4.78 is 4.91. The van der Waals surface area contributed by atoms with Crippen molar-refractivity contribution in [2.45, 2.75) is 25.8 Å². The van der Waals surface area contributed by atoms with Crippen LogP contribution in [0.4, 0.5) is 5.69 Å². The number of amides is 1. The second-order valence-corrected chi connectivity index (χ2v) is 4.95. The lowest BCUT2D eigenvalue weighted by atomic mass is 10.1. The van der Waals surface area contributed by atoms with Crippen LogP contribution in [0.5, 0.6) is 0 Å². The fourth-order valence-corrected chi connectivity index (χ4v) is 2.36. The first-order chi connectivity index (χ1) is 9.61. The van der Waals surface area contributed by atoms with Crippen molar-refractivity contribution in [1.29, 1.82) is 0 Å². The number of rotatable bonds is 5. The molecule has 1 heterocycles. The summed E-state index contributed by atoms with van der Waals surface area (Å²) in [6, 6.07) is 7.43. The van der Waals surface area contributed by atoms with Crippen LogP contribution in [0, 0.1) is 0 Å². The Morgan fingerprint density at radius 2 is 2.20 bits per heavy atom. The molecule has 1 aromatic carbocycles. The van der Waals surface area contributed by atoms with Gasteiger partial charge in [0.2, 0.25) is 5.91 Å². The van der Waals surface area contributed by atoms with E-state index in [2.05, 4.69) is 5.32 Å². The number of benzene rings is 1. The third-order valence-corrected chi connectivity index (χ3v) is 3.51. The molecule has 0 aliphatic carbocycles. The lowest BCUT2D eigenvalue weighted by Crippen LogP contribution is -2.40. The highest BCUT2D eigenvalue weighted by atomic mass is 16.5. The summed E-state index contributed by atoms with van der Waals surface area (Å²) in [6.45, 7) is 2.66. The number of hydrogen-bond acceptors (Lipinski definition) is 4. The second-order valence-electron chi connectivity index (χ2n) is 4.95. The molecule has 108 valence electrons. The van der Waals surface area contributed by atoms with E-state index in [1.165, 1.54) is 0 Å². The Kier molecular flexibility index (Phi) is 4.74. The van der Waals surface area contributed by atoms with Crippen molar-refractivity contribution in [3.05, 3.63) is 29.8 Å². The van der Waals surface area contributed by atoms with Gasteiger partial charge in [-0.05, 0) is 25.1 Å². The van der Waals surface area contributed by atoms with Crippen molar-refractivity contribution >= 4 is 17.6 Å². The molecule has 1 saturated heterocycles. The van der Waals surface area contributed by atoms with Crippen molar-refractivity contribution in [2.24, 2.45) is 0 Å². The van der Waals surface area contributed by atoms with Gasteiger partial charge in [0.05, 0.1) is 13.2 Å². The summed E-state index contributed by atoms with van der Waals surface area (Å²) in [7, 11) is 1.77. The molecule has 0 spiro atoms. The normalized spacial score (nSPS) is 18.1. The highest BCUT2D eigenvalue weighted by Gasteiger charge is 2.31. The standard InChI is InChI=1S/C15H20N2O3/c1-3-11-6-4-5-7-12(11)16-14(18)10-17(2)13-8-9-20-15(13)19/h4-7,13H,3,8-10H2,1-2H3,(H,16,18). The van der Waals surface area contributed by atoms with Crippen molar-refractivity contribution in [2.75, 3.05) is 25.5 Å². The fourth-order valence-electron chi connectivity index (χ4n) is 2.36. The lowest BCUT2D eigenvalue weighted by molar-refractivity contribution is -0.142. The molecular formula is C15H20N2O3. The number of anilines is 1. The highest BCUT2D eigenvalue weighted by Crippen LogP contribution is 2.16. The molecule has 1 aliphatic rings. The number of aryl methyl sites for hydroxylation is 1. The van der Waals surface area contributed by atoms with Crippen LogP contribution < -0.4 is 5.32 Å². The predicted molar refractivity (Wildman–Crippen MR) is 76.4 cm³/mol. The maximum atomic E-state index is 12.0. The lowest BCUT2D eigenvalue weighted by Gasteiger charge is -2.20. The van der Waals surface area contributed by atoms with Gasteiger partial charge in [-0.15, -0.1) is 0 Å². The van der Waals surface area contributed by atoms with Gasteiger partial charge in [-0.2, -0.15) is 0 Å². The van der Waals surface area contributed by atoms with E-state index in [-0.39, 0.29) is 24.5 Å². The molecule has 1 fully saturated rings. The summed E-state index contributed by atoms with van der Waals surface area (Å²) in [6.07, 6.45) is 1.51. The Balaban J connectivity index is 1.93. The van der Waals surface area contributed by atoms with E-state index in [1.54, 1.807) is 11.9 Å². The van der Waals surface area contributed by atoms with Crippen LogP contribution in [0.1, 0.15) is 18.9 Å². The van der Waals surface area contributed by atoms with Crippen LogP contribution in [0.2, 0.25) is 0 Å². The average molecular weight is 276 g/mol. The van der Waals surface area contributed by atoms with Gasteiger partial charge in [-0.3, -0.25) is 14.5 Å². The largest absolute Gasteiger partial charge is 0.464 e. The maximum absolute atomic E-state index is 12.0.